The van der Waals surface area contributed by atoms with Crippen molar-refractivity contribution in [1.82, 2.24) is 14.8 Å². The smallest absolute Gasteiger partial charge is 0.166 e. The normalized spacial score (nSPS) is 10.6. The minimum absolute atomic E-state index is 0.590. The highest BCUT2D eigenvalue weighted by molar-refractivity contribution is 5.76. The summed E-state index contributed by atoms with van der Waals surface area (Å²) in [6.07, 6.45) is 0.999. The monoisotopic (exact) mass is 276 g/mol. The highest BCUT2D eigenvalue weighted by atomic mass is 16.5. The Kier molecular flexibility index (Phi) is 4.12. The van der Waals surface area contributed by atoms with E-state index in [1.165, 1.54) is 0 Å². The van der Waals surface area contributed by atoms with E-state index in [1.807, 2.05) is 13.0 Å². The van der Waals surface area contributed by atoms with Gasteiger partial charge in [0.2, 0.25) is 0 Å². The van der Waals surface area contributed by atoms with E-state index in [0.29, 0.717) is 17.2 Å². The van der Waals surface area contributed by atoms with Crippen molar-refractivity contribution in [3.63, 3.8) is 0 Å². The molecule has 0 unspecified atom stereocenters. The van der Waals surface area contributed by atoms with Crippen LogP contribution in [0.2, 0.25) is 0 Å². The number of aryl methyl sites for hydroxylation is 1. The topological polar surface area (TPSA) is 75.2 Å². The van der Waals surface area contributed by atoms with Gasteiger partial charge in [-0.05, 0) is 19.4 Å². The van der Waals surface area contributed by atoms with Gasteiger partial charge in [0.25, 0.3) is 0 Å². The molecule has 0 atom stereocenters. The highest BCUT2D eigenvalue weighted by Gasteiger charge is 2.16. The molecular weight excluding hydrogens is 256 g/mol. The molecule has 0 bridgehead atoms. The van der Waals surface area contributed by atoms with Crippen LogP contribution in [0.25, 0.3) is 11.4 Å². The fourth-order valence-electron chi connectivity index (χ4n) is 2.16. The second kappa shape index (κ2) is 5.81. The molecule has 2 aromatic rings. The number of nitrogens with two attached hydrogens (primary N) is 1. The number of rotatable bonds is 5. The van der Waals surface area contributed by atoms with Gasteiger partial charge in [0.05, 0.1) is 14.2 Å². The van der Waals surface area contributed by atoms with Crippen LogP contribution in [0.1, 0.15) is 19.2 Å². The first kappa shape index (κ1) is 14.2. The summed E-state index contributed by atoms with van der Waals surface area (Å²) in [6.45, 7) is 4.90. The third kappa shape index (κ3) is 2.41. The molecule has 0 aliphatic carbocycles. The fourth-order valence-corrected chi connectivity index (χ4v) is 2.16. The van der Waals surface area contributed by atoms with E-state index >= 15 is 0 Å². The maximum atomic E-state index is 6.11. The number of nitrogens with zero attached hydrogens (tertiary/aromatic N) is 3. The minimum atomic E-state index is 0.590. The van der Waals surface area contributed by atoms with E-state index in [-0.39, 0.29) is 0 Å². The molecule has 108 valence electrons. The van der Waals surface area contributed by atoms with Crippen LogP contribution in [0.3, 0.4) is 0 Å². The second-order valence-electron chi connectivity index (χ2n) is 4.52. The Bertz CT molecular complexity index is 607. The summed E-state index contributed by atoms with van der Waals surface area (Å²) >= 11 is 0. The summed E-state index contributed by atoms with van der Waals surface area (Å²) in [5.41, 5.74) is 7.50. The minimum Gasteiger partial charge on any atom is -0.493 e. The number of ether oxygens (including phenoxy) is 2. The van der Waals surface area contributed by atoms with Gasteiger partial charge in [-0.3, -0.25) is 0 Å². The van der Waals surface area contributed by atoms with Crippen molar-refractivity contribution in [3.05, 3.63) is 18.0 Å². The Hall–Kier alpha value is -2.24. The van der Waals surface area contributed by atoms with Crippen LogP contribution in [0.4, 0.5) is 5.69 Å². The molecule has 0 spiro atoms. The Morgan fingerprint density at radius 1 is 1.15 bits per heavy atom. The standard InChI is InChI=1S/C14H20N4O2/c1-5-6-18-9(2)16-17-14(18)10-7-12(19-3)13(20-4)8-11(10)15/h7-8H,5-6,15H2,1-4H3. The number of anilines is 1. The Morgan fingerprint density at radius 3 is 2.40 bits per heavy atom. The third-order valence-electron chi connectivity index (χ3n) is 3.18. The first-order chi connectivity index (χ1) is 9.62. The molecule has 0 amide bonds. The molecule has 0 fully saturated rings. The molecule has 1 aromatic carbocycles. The van der Waals surface area contributed by atoms with E-state index in [4.69, 9.17) is 15.2 Å². The molecular formula is C14H20N4O2. The Labute approximate surface area is 118 Å². The first-order valence-electron chi connectivity index (χ1n) is 6.54. The van der Waals surface area contributed by atoms with Crippen molar-refractivity contribution >= 4 is 5.69 Å². The van der Waals surface area contributed by atoms with E-state index in [2.05, 4.69) is 21.7 Å². The third-order valence-corrected chi connectivity index (χ3v) is 3.18. The van der Waals surface area contributed by atoms with E-state index in [9.17, 15) is 0 Å². The first-order valence-corrected chi connectivity index (χ1v) is 6.54. The van der Waals surface area contributed by atoms with Gasteiger partial charge >= 0.3 is 0 Å². The van der Waals surface area contributed by atoms with Gasteiger partial charge < -0.3 is 19.8 Å². The van der Waals surface area contributed by atoms with E-state index < -0.39 is 0 Å². The Morgan fingerprint density at radius 2 is 1.80 bits per heavy atom. The number of nitrogen functional groups attached to an aromatic ring is 1. The predicted molar refractivity (Wildman–Crippen MR) is 78.0 cm³/mol. The highest BCUT2D eigenvalue weighted by Crippen LogP contribution is 2.36. The van der Waals surface area contributed by atoms with Crippen LogP contribution in [-0.4, -0.2) is 29.0 Å². The molecule has 6 heteroatoms. The zero-order chi connectivity index (χ0) is 14.7. The number of hydrogen-bond donors (Lipinski definition) is 1. The molecule has 1 heterocycles. The molecule has 0 aliphatic heterocycles. The zero-order valence-corrected chi connectivity index (χ0v) is 12.3. The molecule has 6 nitrogen and oxygen atoms in total. The van der Waals surface area contributed by atoms with Crippen molar-refractivity contribution in [2.45, 2.75) is 26.8 Å². The van der Waals surface area contributed by atoms with Gasteiger partial charge in [-0.15, -0.1) is 10.2 Å². The van der Waals surface area contributed by atoms with Crippen LogP contribution in [0.15, 0.2) is 12.1 Å². The lowest BCUT2D eigenvalue weighted by Crippen LogP contribution is -2.04. The van der Waals surface area contributed by atoms with Crippen LogP contribution >= 0.6 is 0 Å². The average Bonchev–Trinajstić information content (AvgIpc) is 2.80. The number of aromatic nitrogens is 3. The summed E-state index contributed by atoms with van der Waals surface area (Å²) in [4.78, 5) is 0. The maximum absolute atomic E-state index is 6.11. The molecule has 0 radical (unpaired) electrons. The lowest BCUT2D eigenvalue weighted by atomic mass is 10.1. The summed E-state index contributed by atoms with van der Waals surface area (Å²) in [5, 5.41) is 8.37. The van der Waals surface area contributed by atoms with Gasteiger partial charge in [0.1, 0.15) is 5.82 Å². The van der Waals surface area contributed by atoms with Crippen molar-refractivity contribution in [2.75, 3.05) is 20.0 Å². The van der Waals surface area contributed by atoms with Crippen molar-refractivity contribution in [2.24, 2.45) is 0 Å². The molecule has 1 aromatic heterocycles. The van der Waals surface area contributed by atoms with Crippen molar-refractivity contribution in [1.29, 1.82) is 0 Å². The van der Waals surface area contributed by atoms with Crippen LogP contribution in [-0.2, 0) is 6.54 Å². The summed E-state index contributed by atoms with van der Waals surface area (Å²) in [5.74, 6) is 2.85. The predicted octanol–water partition coefficient (Wildman–Crippen LogP) is 2.26. The lowest BCUT2D eigenvalue weighted by molar-refractivity contribution is 0.355. The van der Waals surface area contributed by atoms with Crippen LogP contribution in [0.5, 0.6) is 11.5 Å². The molecule has 0 saturated carbocycles. The largest absolute Gasteiger partial charge is 0.493 e. The van der Waals surface area contributed by atoms with Crippen molar-refractivity contribution < 1.29 is 9.47 Å². The summed E-state index contributed by atoms with van der Waals surface area (Å²) < 4.78 is 12.6. The van der Waals surface area contributed by atoms with Gasteiger partial charge in [-0.1, -0.05) is 6.92 Å². The van der Waals surface area contributed by atoms with Crippen molar-refractivity contribution in [3.8, 4) is 22.9 Å². The second-order valence-corrected chi connectivity index (χ2v) is 4.52. The summed E-state index contributed by atoms with van der Waals surface area (Å²) in [7, 11) is 3.18. The van der Waals surface area contributed by atoms with Crippen LogP contribution in [0, 0.1) is 6.92 Å². The maximum Gasteiger partial charge on any atom is 0.166 e. The molecule has 2 N–H and O–H groups in total. The Balaban J connectivity index is 2.58. The molecule has 0 aliphatic rings. The zero-order valence-electron chi connectivity index (χ0n) is 12.3. The molecule has 20 heavy (non-hydrogen) atoms. The number of benzene rings is 1. The van der Waals surface area contributed by atoms with Gasteiger partial charge in [0, 0.05) is 23.9 Å². The van der Waals surface area contributed by atoms with Gasteiger partial charge in [0.15, 0.2) is 17.3 Å². The molecule has 0 saturated heterocycles. The summed E-state index contributed by atoms with van der Waals surface area (Å²) in [6, 6.07) is 3.58. The number of hydrogen-bond acceptors (Lipinski definition) is 5. The van der Waals surface area contributed by atoms with E-state index in [1.54, 1.807) is 20.3 Å². The molecule has 2 rings (SSSR count). The number of methoxy groups -OCH3 is 2. The average molecular weight is 276 g/mol. The van der Waals surface area contributed by atoms with E-state index in [0.717, 1.165) is 30.2 Å². The van der Waals surface area contributed by atoms with Gasteiger partial charge in [-0.2, -0.15) is 0 Å². The van der Waals surface area contributed by atoms with Gasteiger partial charge in [-0.25, -0.2) is 0 Å². The SMILES string of the molecule is CCCn1c(C)nnc1-c1cc(OC)c(OC)cc1N. The van der Waals surface area contributed by atoms with Crippen LogP contribution < -0.4 is 15.2 Å². The lowest BCUT2D eigenvalue weighted by Gasteiger charge is -2.13. The fraction of sp³-hybridized carbons (Fsp3) is 0.429. The quantitative estimate of drug-likeness (QED) is 0.848.